The molecule has 0 unspecified atom stereocenters. The molecule has 1 amide bonds. The summed E-state index contributed by atoms with van der Waals surface area (Å²) < 4.78 is 5.42. The van der Waals surface area contributed by atoms with Crippen LogP contribution < -0.4 is 5.32 Å². The van der Waals surface area contributed by atoms with Gasteiger partial charge in [0.15, 0.2) is 0 Å². The molecule has 2 heterocycles. The minimum Gasteiger partial charge on any atom is -0.356 e. The number of nitrogens with zero attached hydrogens (tertiary/aromatic N) is 3. The minimum atomic E-state index is 0.0812. The van der Waals surface area contributed by atoms with Gasteiger partial charge in [-0.15, -0.1) is 11.8 Å². The number of hydrogen-bond acceptors (Lipinski definition) is 6. The van der Waals surface area contributed by atoms with Gasteiger partial charge in [0.05, 0.1) is 6.54 Å². The van der Waals surface area contributed by atoms with Crippen molar-refractivity contribution in [3.63, 3.8) is 0 Å². The van der Waals surface area contributed by atoms with Crippen LogP contribution >= 0.6 is 23.4 Å². The van der Waals surface area contributed by atoms with Gasteiger partial charge >= 0.3 is 0 Å². The third kappa shape index (κ3) is 6.58. The fourth-order valence-electron chi connectivity index (χ4n) is 3.72. The number of thioether (sulfide) groups is 1. The van der Waals surface area contributed by atoms with E-state index in [4.69, 9.17) is 16.1 Å². The molecule has 1 aliphatic rings. The van der Waals surface area contributed by atoms with Crippen LogP contribution in [0, 0.1) is 5.92 Å². The lowest BCUT2D eigenvalue weighted by Crippen LogP contribution is -2.40. The maximum Gasteiger partial charge on any atom is 0.241 e. The number of benzene rings is 2. The second-order valence-electron chi connectivity index (χ2n) is 7.88. The van der Waals surface area contributed by atoms with Crippen molar-refractivity contribution < 1.29 is 9.32 Å². The Balaban J connectivity index is 1.13. The predicted octanol–water partition coefficient (Wildman–Crippen LogP) is 4.90. The molecule has 0 atom stereocenters. The number of piperidine rings is 1. The molecule has 2 aromatic carbocycles. The average molecular weight is 471 g/mol. The molecule has 32 heavy (non-hydrogen) atoms. The van der Waals surface area contributed by atoms with E-state index in [1.54, 1.807) is 11.8 Å². The monoisotopic (exact) mass is 470 g/mol. The van der Waals surface area contributed by atoms with Crippen molar-refractivity contribution in [2.75, 3.05) is 25.4 Å². The highest BCUT2D eigenvalue weighted by atomic mass is 35.5. The zero-order valence-corrected chi connectivity index (χ0v) is 19.4. The molecule has 0 spiro atoms. The Bertz CT molecular complexity index is 989. The lowest BCUT2D eigenvalue weighted by molar-refractivity contribution is -0.126. The zero-order valence-electron chi connectivity index (χ0n) is 17.9. The van der Waals surface area contributed by atoms with Gasteiger partial charge in [0, 0.05) is 27.9 Å². The first-order valence-corrected chi connectivity index (χ1v) is 12.3. The van der Waals surface area contributed by atoms with Crippen molar-refractivity contribution >= 4 is 29.3 Å². The van der Waals surface area contributed by atoms with Gasteiger partial charge in [-0.25, -0.2) is 0 Å². The normalized spacial score (nSPS) is 15.0. The number of hydrogen-bond donors (Lipinski definition) is 1. The van der Waals surface area contributed by atoms with Crippen LogP contribution in [0.3, 0.4) is 0 Å². The van der Waals surface area contributed by atoms with Gasteiger partial charge < -0.3 is 9.84 Å². The zero-order chi connectivity index (χ0) is 22.2. The molecule has 6 nitrogen and oxygen atoms in total. The molecular weight excluding hydrogens is 444 g/mol. The summed E-state index contributed by atoms with van der Waals surface area (Å²) in [5.74, 6) is 2.45. The highest BCUT2D eigenvalue weighted by Crippen LogP contribution is 2.22. The number of carbonyl (C=O) groups is 1. The molecule has 1 saturated heterocycles. The molecule has 1 fully saturated rings. The van der Waals surface area contributed by atoms with E-state index >= 15 is 0 Å². The van der Waals surface area contributed by atoms with Crippen molar-refractivity contribution in [3.8, 4) is 11.4 Å². The summed E-state index contributed by atoms with van der Waals surface area (Å²) in [5.41, 5.74) is 0.949. The molecule has 0 bridgehead atoms. The molecule has 1 N–H and O–H groups in total. The topological polar surface area (TPSA) is 71.3 Å². The molecule has 1 aliphatic heterocycles. The quantitative estimate of drug-likeness (QED) is 0.354. The predicted molar refractivity (Wildman–Crippen MR) is 128 cm³/mol. The first-order valence-electron chi connectivity index (χ1n) is 10.9. The molecule has 0 aliphatic carbocycles. The van der Waals surface area contributed by atoms with Gasteiger partial charge in [0.1, 0.15) is 0 Å². The van der Waals surface area contributed by atoms with Gasteiger partial charge in [-0.2, -0.15) is 4.98 Å². The highest BCUT2D eigenvalue weighted by molar-refractivity contribution is 7.99. The molecule has 4 rings (SSSR count). The van der Waals surface area contributed by atoms with E-state index in [0.29, 0.717) is 24.8 Å². The van der Waals surface area contributed by atoms with E-state index in [-0.39, 0.29) is 11.8 Å². The lowest BCUT2D eigenvalue weighted by Gasteiger charge is -2.30. The SMILES string of the molecule is O=C(NCCCSc1ccc(Cl)cc1)C1CCN(Cc2nc(-c3ccccc3)no2)CC1. The third-order valence-electron chi connectivity index (χ3n) is 5.52. The van der Waals surface area contributed by atoms with Crippen molar-refractivity contribution in [2.24, 2.45) is 5.92 Å². The van der Waals surface area contributed by atoms with E-state index in [2.05, 4.69) is 20.4 Å². The maximum absolute atomic E-state index is 12.5. The molecule has 0 saturated carbocycles. The third-order valence-corrected chi connectivity index (χ3v) is 6.87. The van der Waals surface area contributed by atoms with Crippen LogP contribution in [0.1, 0.15) is 25.2 Å². The number of rotatable bonds is 9. The van der Waals surface area contributed by atoms with E-state index in [1.807, 2.05) is 54.6 Å². The Morgan fingerprint density at radius 3 is 2.62 bits per heavy atom. The number of carbonyl (C=O) groups excluding carboxylic acids is 1. The Kier molecular flexibility index (Phi) is 8.20. The second kappa shape index (κ2) is 11.5. The smallest absolute Gasteiger partial charge is 0.241 e. The van der Waals surface area contributed by atoms with E-state index in [0.717, 1.165) is 48.7 Å². The first-order chi connectivity index (χ1) is 15.7. The van der Waals surface area contributed by atoms with Crippen molar-refractivity contribution in [1.29, 1.82) is 0 Å². The Morgan fingerprint density at radius 1 is 1.12 bits per heavy atom. The number of amides is 1. The highest BCUT2D eigenvalue weighted by Gasteiger charge is 2.25. The first kappa shape index (κ1) is 22.8. The summed E-state index contributed by atoms with van der Waals surface area (Å²) in [4.78, 5) is 20.5. The van der Waals surface area contributed by atoms with Crippen LogP contribution in [-0.2, 0) is 11.3 Å². The number of nitrogens with one attached hydrogen (secondary N) is 1. The van der Waals surface area contributed by atoms with Gasteiger partial charge in [-0.1, -0.05) is 47.1 Å². The van der Waals surface area contributed by atoms with Crippen molar-refractivity contribution in [2.45, 2.75) is 30.7 Å². The van der Waals surface area contributed by atoms with Crippen LogP contribution in [-0.4, -0.2) is 46.3 Å². The van der Waals surface area contributed by atoms with Crippen LogP contribution in [0.4, 0.5) is 0 Å². The van der Waals surface area contributed by atoms with E-state index in [1.165, 1.54) is 4.90 Å². The standard InChI is InChI=1S/C24H27ClN4O2S/c25-20-7-9-21(10-8-20)32-16-4-13-26-24(30)19-11-14-29(15-12-19)17-22-27-23(28-31-22)18-5-2-1-3-6-18/h1-3,5-10,19H,4,11-17H2,(H,26,30). The van der Waals surface area contributed by atoms with Gasteiger partial charge in [0.25, 0.3) is 0 Å². The van der Waals surface area contributed by atoms with Crippen molar-refractivity contribution in [3.05, 3.63) is 65.5 Å². The van der Waals surface area contributed by atoms with Crippen LogP contribution in [0.15, 0.2) is 64.0 Å². The molecule has 3 aromatic rings. The van der Waals surface area contributed by atoms with Crippen LogP contribution in [0.2, 0.25) is 5.02 Å². The van der Waals surface area contributed by atoms with Gasteiger partial charge in [-0.3, -0.25) is 9.69 Å². The van der Waals surface area contributed by atoms with E-state index < -0.39 is 0 Å². The molecular formula is C24H27ClN4O2S. The number of halogens is 1. The summed E-state index contributed by atoms with van der Waals surface area (Å²) >= 11 is 7.69. The Labute approximate surface area is 197 Å². The van der Waals surface area contributed by atoms with Gasteiger partial charge in [0.2, 0.25) is 17.6 Å². The summed E-state index contributed by atoms with van der Waals surface area (Å²) in [6, 6.07) is 17.7. The molecule has 168 valence electrons. The Morgan fingerprint density at radius 2 is 1.88 bits per heavy atom. The fourth-order valence-corrected chi connectivity index (χ4v) is 4.70. The fraction of sp³-hybridized carbons (Fsp3) is 0.375. The summed E-state index contributed by atoms with van der Waals surface area (Å²) in [5, 5.41) is 7.94. The second-order valence-corrected chi connectivity index (χ2v) is 9.48. The molecule has 8 heteroatoms. The number of likely N-dealkylation sites (tertiary alicyclic amines) is 1. The lowest BCUT2D eigenvalue weighted by atomic mass is 9.96. The van der Waals surface area contributed by atoms with Crippen molar-refractivity contribution in [1.82, 2.24) is 20.4 Å². The van der Waals surface area contributed by atoms with Crippen LogP contribution in [0.25, 0.3) is 11.4 Å². The number of aromatic nitrogens is 2. The van der Waals surface area contributed by atoms with Crippen LogP contribution in [0.5, 0.6) is 0 Å². The van der Waals surface area contributed by atoms with E-state index in [9.17, 15) is 4.79 Å². The summed E-state index contributed by atoms with van der Waals surface area (Å²) in [6.07, 6.45) is 2.65. The summed E-state index contributed by atoms with van der Waals surface area (Å²) in [7, 11) is 0. The minimum absolute atomic E-state index is 0.0812. The Hall–Kier alpha value is -2.35. The molecule has 1 aromatic heterocycles. The van der Waals surface area contributed by atoms with Gasteiger partial charge in [-0.05, 0) is 62.4 Å². The average Bonchev–Trinajstić information content (AvgIpc) is 3.29. The maximum atomic E-state index is 12.5. The largest absolute Gasteiger partial charge is 0.356 e. The summed E-state index contributed by atoms with van der Waals surface area (Å²) in [6.45, 7) is 3.04. The molecule has 0 radical (unpaired) electrons.